The number of ether oxygens (including phenoxy) is 2. The van der Waals surface area contributed by atoms with Gasteiger partial charge in [0.25, 0.3) is 0 Å². The van der Waals surface area contributed by atoms with E-state index in [9.17, 15) is 9.90 Å². The van der Waals surface area contributed by atoms with Crippen LogP contribution in [0.25, 0.3) is 0 Å². The summed E-state index contributed by atoms with van der Waals surface area (Å²) < 4.78 is 11.0. The minimum atomic E-state index is -0.520. The van der Waals surface area contributed by atoms with Crippen LogP contribution in [0.5, 0.6) is 0 Å². The minimum Gasteiger partial charge on any atom is -0.457 e. The maximum absolute atomic E-state index is 11.9. The van der Waals surface area contributed by atoms with Gasteiger partial charge >= 0.3 is 5.97 Å². The van der Waals surface area contributed by atoms with Crippen LogP contribution in [0.2, 0.25) is 0 Å². The average Bonchev–Trinajstić information content (AvgIpc) is 2.86. The summed E-state index contributed by atoms with van der Waals surface area (Å²) >= 11 is 0. The first-order valence-electron chi connectivity index (χ1n) is 15.6. The molecule has 0 aromatic heterocycles. The molecule has 0 bridgehead atoms. The van der Waals surface area contributed by atoms with E-state index in [1.807, 2.05) is 0 Å². The smallest absolute Gasteiger partial charge is 0.306 e. The highest BCUT2D eigenvalue weighted by atomic mass is 16.6. The predicted molar refractivity (Wildman–Crippen MR) is 150 cm³/mol. The van der Waals surface area contributed by atoms with Gasteiger partial charge in [0.2, 0.25) is 0 Å². The first kappa shape index (κ1) is 34.4. The number of aliphatic hydroxyl groups is 1. The number of unbranched alkanes of at least 4 members (excludes halogenated alkanes) is 21. The van der Waals surface area contributed by atoms with Gasteiger partial charge in [-0.05, 0) is 12.8 Å². The van der Waals surface area contributed by atoms with Crippen LogP contribution in [0.4, 0.5) is 0 Å². The van der Waals surface area contributed by atoms with Crippen LogP contribution in [0.15, 0.2) is 0 Å². The van der Waals surface area contributed by atoms with Crippen LogP contribution in [-0.2, 0) is 14.3 Å². The average molecular weight is 499 g/mol. The Morgan fingerprint density at radius 3 is 1.34 bits per heavy atom. The van der Waals surface area contributed by atoms with Crippen molar-refractivity contribution in [2.45, 2.75) is 174 Å². The van der Waals surface area contributed by atoms with E-state index in [-0.39, 0.29) is 12.6 Å². The Morgan fingerprint density at radius 2 is 0.943 bits per heavy atom. The molecular weight excluding hydrogens is 436 g/mol. The lowest BCUT2D eigenvalue weighted by Crippen LogP contribution is -2.27. The third-order valence-electron chi connectivity index (χ3n) is 6.93. The van der Waals surface area contributed by atoms with Crippen LogP contribution in [0, 0.1) is 0 Å². The van der Waals surface area contributed by atoms with Crippen LogP contribution in [-0.4, -0.2) is 37.0 Å². The van der Waals surface area contributed by atoms with E-state index in [1.165, 1.54) is 128 Å². The Bertz CT molecular complexity index is 413. The third kappa shape index (κ3) is 27.8. The lowest BCUT2D eigenvalue weighted by atomic mass is 10.0. The van der Waals surface area contributed by atoms with Crippen molar-refractivity contribution in [2.24, 2.45) is 0 Å². The number of esters is 1. The fraction of sp³-hybridized carbons (Fsp3) is 0.968. The molecule has 4 nitrogen and oxygen atoms in total. The van der Waals surface area contributed by atoms with Crippen LogP contribution >= 0.6 is 0 Å². The second-order valence-corrected chi connectivity index (χ2v) is 10.5. The molecule has 0 aromatic carbocycles. The van der Waals surface area contributed by atoms with Crippen molar-refractivity contribution >= 4 is 5.97 Å². The molecule has 1 N–H and O–H groups in total. The van der Waals surface area contributed by atoms with E-state index in [1.54, 1.807) is 0 Å². The van der Waals surface area contributed by atoms with Gasteiger partial charge in [-0.15, -0.1) is 0 Å². The molecule has 0 aliphatic heterocycles. The van der Waals surface area contributed by atoms with Gasteiger partial charge in [-0.1, -0.05) is 149 Å². The van der Waals surface area contributed by atoms with Crippen molar-refractivity contribution in [3.63, 3.8) is 0 Å². The molecule has 0 rings (SSSR count). The molecule has 4 heteroatoms. The van der Waals surface area contributed by atoms with Gasteiger partial charge in [-0.2, -0.15) is 0 Å². The quantitative estimate of drug-likeness (QED) is 0.0824. The zero-order chi connectivity index (χ0) is 25.7. The summed E-state index contributed by atoms with van der Waals surface area (Å²) in [5.74, 6) is -0.207. The summed E-state index contributed by atoms with van der Waals surface area (Å²) in [6, 6.07) is 0. The van der Waals surface area contributed by atoms with Gasteiger partial charge in [0, 0.05) is 13.0 Å². The molecule has 0 aliphatic rings. The standard InChI is InChI=1S/C31H62O4/c1-3-5-7-9-11-12-13-14-15-16-17-18-19-20-21-23-25-27-34-29-30(28-32)35-31(33)26-24-22-10-8-6-4-2/h30,32H,3-29H2,1-2H3. The third-order valence-corrected chi connectivity index (χ3v) is 6.93. The van der Waals surface area contributed by atoms with Crippen molar-refractivity contribution in [3.8, 4) is 0 Å². The van der Waals surface area contributed by atoms with E-state index in [2.05, 4.69) is 13.8 Å². The summed E-state index contributed by atoms with van der Waals surface area (Å²) in [6.07, 6.45) is 30.1. The molecule has 210 valence electrons. The van der Waals surface area contributed by atoms with Crippen molar-refractivity contribution in [3.05, 3.63) is 0 Å². The van der Waals surface area contributed by atoms with Crippen molar-refractivity contribution in [1.82, 2.24) is 0 Å². The zero-order valence-corrected chi connectivity index (χ0v) is 23.8. The van der Waals surface area contributed by atoms with E-state index in [0.717, 1.165) is 19.3 Å². The molecule has 0 radical (unpaired) electrons. The normalized spacial score (nSPS) is 12.2. The molecule has 0 fully saturated rings. The number of hydrogen-bond acceptors (Lipinski definition) is 4. The first-order valence-corrected chi connectivity index (χ1v) is 15.6. The van der Waals surface area contributed by atoms with Crippen LogP contribution in [0.1, 0.15) is 168 Å². The maximum Gasteiger partial charge on any atom is 0.306 e. The fourth-order valence-corrected chi connectivity index (χ4v) is 4.56. The minimum absolute atomic E-state index is 0.165. The lowest BCUT2D eigenvalue weighted by molar-refractivity contribution is -0.154. The molecular formula is C31H62O4. The topological polar surface area (TPSA) is 55.8 Å². The van der Waals surface area contributed by atoms with Crippen LogP contribution in [0.3, 0.4) is 0 Å². The molecule has 1 atom stereocenters. The summed E-state index contributed by atoms with van der Waals surface area (Å²) in [4.78, 5) is 11.9. The second-order valence-electron chi connectivity index (χ2n) is 10.5. The zero-order valence-electron chi connectivity index (χ0n) is 23.8. The van der Waals surface area contributed by atoms with Gasteiger partial charge in [-0.3, -0.25) is 4.79 Å². The second kappa shape index (κ2) is 29.6. The van der Waals surface area contributed by atoms with Crippen molar-refractivity contribution < 1.29 is 19.4 Å². The summed E-state index contributed by atoms with van der Waals surface area (Å²) in [5.41, 5.74) is 0. The highest BCUT2D eigenvalue weighted by molar-refractivity contribution is 5.69. The Labute approximate surface area is 219 Å². The summed E-state index contributed by atoms with van der Waals surface area (Å²) in [6.45, 7) is 5.31. The SMILES string of the molecule is CCCCCCCCCCCCCCCCCCCOCC(CO)OC(=O)CCCCCCCC. The molecule has 1 unspecified atom stereocenters. The van der Waals surface area contributed by atoms with E-state index >= 15 is 0 Å². The number of aliphatic hydroxyl groups excluding tert-OH is 1. The molecule has 0 aromatic rings. The molecule has 35 heavy (non-hydrogen) atoms. The van der Waals surface area contributed by atoms with Gasteiger partial charge in [0.15, 0.2) is 0 Å². The van der Waals surface area contributed by atoms with E-state index < -0.39 is 6.10 Å². The summed E-state index contributed by atoms with van der Waals surface area (Å²) in [5, 5.41) is 9.44. The number of rotatable bonds is 29. The number of carbonyl (C=O) groups excluding carboxylic acids is 1. The molecule has 0 aliphatic carbocycles. The molecule has 0 amide bonds. The monoisotopic (exact) mass is 498 g/mol. The predicted octanol–water partition coefficient (Wildman–Crippen LogP) is 9.31. The van der Waals surface area contributed by atoms with Crippen molar-refractivity contribution in [2.75, 3.05) is 19.8 Å². The van der Waals surface area contributed by atoms with Crippen molar-refractivity contribution in [1.29, 1.82) is 0 Å². The molecule has 0 heterocycles. The largest absolute Gasteiger partial charge is 0.457 e. The van der Waals surface area contributed by atoms with E-state index in [4.69, 9.17) is 9.47 Å². The highest BCUT2D eigenvalue weighted by Gasteiger charge is 2.13. The summed E-state index contributed by atoms with van der Waals surface area (Å²) in [7, 11) is 0. The van der Waals surface area contributed by atoms with Gasteiger partial charge in [0.1, 0.15) is 6.10 Å². The Balaban J connectivity index is 3.33. The van der Waals surface area contributed by atoms with E-state index in [0.29, 0.717) is 19.6 Å². The Kier molecular flexibility index (Phi) is 29.1. The Morgan fingerprint density at radius 1 is 0.571 bits per heavy atom. The fourth-order valence-electron chi connectivity index (χ4n) is 4.56. The first-order chi connectivity index (χ1) is 17.2. The van der Waals surface area contributed by atoms with Gasteiger partial charge in [-0.25, -0.2) is 0 Å². The van der Waals surface area contributed by atoms with Gasteiger partial charge in [0.05, 0.1) is 13.2 Å². The molecule has 0 spiro atoms. The van der Waals surface area contributed by atoms with Crippen LogP contribution < -0.4 is 0 Å². The van der Waals surface area contributed by atoms with Gasteiger partial charge < -0.3 is 14.6 Å². The number of hydrogen-bond donors (Lipinski definition) is 1. The maximum atomic E-state index is 11.9. The Hall–Kier alpha value is -0.610. The number of carbonyl (C=O) groups is 1. The molecule has 0 saturated carbocycles. The molecule has 0 saturated heterocycles. The lowest BCUT2D eigenvalue weighted by Gasteiger charge is -2.15. The highest BCUT2D eigenvalue weighted by Crippen LogP contribution is 2.14.